The molecule has 0 saturated carbocycles. The molecule has 0 aliphatic heterocycles. The normalized spacial score (nSPS) is 13.0. The van der Waals surface area contributed by atoms with Gasteiger partial charge in [-0.05, 0) is 31.5 Å². The molecule has 0 spiro atoms. The van der Waals surface area contributed by atoms with E-state index in [1.165, 1.54) is 19.1 Å². The molecule has 0 aliphatic rings. The van der Waals surface area contributed by atoms with Crippen LogP contribution in [0.1, 0.15) is 18.1 Å². The summed E-state index contributed by atoms with van der Waals surface area (Å²) >= 11 is 0. The third-order valence-electron chi connectivity index (χ3n) is 1.78. The highest BCUT2D eigenvalue weighted by atomic mass is 19.1. The highest BCUT2D eigenvalue weighted by Crippen LogP contribution is 2.16. The highest BCUT2D eigenvalue weighted by molar-refractivity contribution is 5.25. The average molecular weight is 186 g/mol. The molecule has 0 fully saturated rings. The van der Waals surface area contributed by atoms with Crippen molar-refractivity contribution in [3.05, 3.63) is 34.9 Å². The molecule has 1 atom stereocenters. The van der Waals surface area contributed by atoms with E-state index < -0.39 is 17.7 Å². The van der Waals surface area contributed by atoms with Crippen molar-refractivity contribution in [1.82, 2.24) is 0 Å². The number of hydrogen-bond acceptors (Lipinski definition) is 1. The van der Waals surface area contributed by atoms with Crippen LogP contribution in [0.2, 0.25) is 0 Å². The molecule has 0 heterocycles. The zero-order valence-electron chi connectivity index (χ0n) is 7.64. The first-order chi connectivity index (χ1) is 6.00. The van der Waals surface area contributed by atoms with E-state index in [9.17, 15) is 8.78 Å². The summed E-state index contributed by atoms with van der Waals surface area (Å²) in [5, 5.41) is 8.99. The van der Waals surface area contributed by atoms with Gasteiger partial charge in [-0.15, -0.1) is 0 Å². The van der Waals surface area contributed by atoms with Crippen LogP contribution in [0.15, 0.2) is 12.1 Å². The monoisotopic (exact) mass is 186 g/mol. The van der Waals surface area contributed by atoms with Gasteiger partial charge in [-0.1, -0.05) is 0 Å². The minimum atomic E-state index is -0.730. The second-order valence-corrected chi connectivity index (χ2v) is 3.26. The van der Waals surface area contributed by atoms with Gasteiger partial charge in [0.2, 0.25) is 0 Å². The molecule has 0 unspecified atom stereocenters. The Bertz CT molecular complexity index is 285. The molecule has 0 radical (unpaired) electrons. The van der Waals surface area contributed by atoms with Crippen molar-refractivity contribution in [2.75, 3.05) is 0 Å². The Morgan fingerprint density at radius 2 is 1.77 bits per heavy atom. The first-order valence-electron chi connectivity index (χ1n) is 4.13. The Morgan fingerprint density at radius 1 is 1.31 bits per heavy atom. The number of benzene rings is 1. The molecular weight excluding hydrogens is 174 g/mol. The van der Waals surface area contributed by atoms with Crippen LogP contribution in [0.5, 0.6) is 0 Å². The fraction of sp³-hybridized carbons (Fsp3) is 0.400. The predicted molar refractivity (Wildman–Crippen MR) is 46.5 cm³/mol. The summed E-state index contributed by atoms with van der Waals surface area (Å²) in [6.07, 6.45) is -0.718. The third kappa shape index (κ3) is 2.49. The molecule has 0 saturated heterocycles. The molecule has 1 rings (SSSR count). The van der Waals surface area contributed by atoms with Crippen molar-refractivity contribution >= 4 is 0 Å². The summed E-state index contributed by atoms with van der Waals surface area (Å²) < 4.78 is 26.2. The lowest BCUT2D eigenvalue weighted by atomic mass is 10.1. The molecule has 0 amide bonds. The molecule has 1 aromatic carbocycles. The van der Waals surface area contributed by atoms with Crippen LogP contribution in [0, 0.1) is 18.6 Å². The number of aliphatic hydroxyl groups is 1. The Hall–Kier alpha value is -0.960. The average Bonchev–Trinajstić information content (AvgIpc) is 1.96. The molecule has 1 aromatic rings. The van der Waals surface area contributed by atoms with Crippen molar-refractivity contribution in [2.45, 2.75) is 26.4 Å². The number of halogens is 2. The zero-order chi connectivity index (χ0) is 10.0. The summed E-state index contributed by atoms with van der Waals surface area (Å²) in [6.45, 7) is 3.12. The molecule has 0 aromatic heterocycles. The summed E-state index contributed by atoms with van der Waals surface area (Å²) in [6, 6.07) is 2.53. The van der Waals surface area contributed by atoms with Crippen molar-refractivity contribution < 1.29 is 13.9 Å². The minimum Gasteiger partial charge on any atom is -0.393 e. The fourth-order valence-corrected chi connectivity index (χ4v) is 1.22. The number of aliphatic hydroxyl groups excluding tert-OH is 1. The predicted octanol–water partition coefficient (Wildman–Crippen LogP) is 2.20. The van der Waals surface area contributed by atoms with Crippen LogP contribution >= 0.6 is 0 Å². The maximum atomic E-state index is 13.1. The quantitative estimate of drug-likeness (QED) is 0.750. The number of rotatable bonds is 2. The van der Waals surface area contributed by atoms with E-state index in [0.29, 0.717) is 5.56 Å². The van der Waals surface area contributed by atoms with Gasteiger partial charge in [0.1, 0.15) is 11.6 Å². The van der Waals surface area contributed by atoms with E-state index in [0.717, 1.165) is 0 Å². The summed E-state index contributed by atoms with van der Waals surface area (Å²) in [5.74, 6) is -1.17. The molecule has 0 bridgehead atoms. The standard InChI is InChI=1S/C10H12F2O/c1-6-3-9(11)8(5-7(2)13)10(12)4-6/h3-4,7,13H,5H2,1-2H3/t7-/m1/s1. The molecule has 1 N–H and O–H groups in total. The fourth-order valence-electron chi connectivity index (χ4n) is 1.22. The summed E-state index contributed by atoms with van der Waals surface area (Å²) in [4.78, 5) is 0. The Morgan fingerprint density at radius 3 is 2.15 bits per heavy atom. The molecular formula is C10H12F2O. The lowest BCUT2D eigenvalue weighted by Gasteiger charge is -2.07. The highest BCUT2D eigenvalue weighted by Gasteiger charge is 2.11. The molecule has 3 heteroatoms. The van der Waals surface area contributed by atoms with Crippen molar-refractivity contribution in [1.29, 1.82) is 0 Å². The van der Waals surface area contributed by atoms with Crippen LogP contribution in [0.4, 0.5) is 8.78 Å². The van der Waals surface area contributed by atoms with E-state index in [-0.39, 0.29) is 12.0 Å². The van der Waals surface area contributed by atoms with Crippen LogP contribution < -0.4 is 0 Å². The second kappa shape index (κ2) is 3.83. The largest absolute Gasteiger partial charge is 0.393 e. The maximum absolute atomic E-state index is 13.1. The van der Waals surface area contributed by atoms with Gasteiger partial charge in [-0.2, -0.15) is 0 Å². The summed E-state index contributed by atoms with van der Waals surface area (Å²) in [7, 11) is 0. The molecule has 13 heavy (non-hydrogen) atoms. The topological polar surface area (TPSA) is 20.2 Å². The number of hydrogen-bond donors (Lipinski definition) is 1. The number of aryl methyl sites for hydroxylation is 1. The Balaban J connectivity index is 3.06. The van der Waals surface area contributed by atoms with Gasteiger partial charge in [-0.25, -0.2) is 8.78 Å². The smallest absolute Gasteiger partial charge is 0.129 e. The van der Waals surface area contributed by atoms with Crippen LogP contribution in [0.25, 0.3) is 0 Å². The third-order valence-corrected chi connectivity index (χ3v) is 1.78. The Labute approximate surface area is 76.0 Å². The van der Waals surface area contributed by atoms with E-state index in [4.69, 9.17) is 5.11 Å². The SMILES string of the molecule is Cc1cc(F)c(C[C@@H](C)O)c(F)c1. The zero-order valence-corrected chi connectivity index (χ0v) is 7.64. The van der Waals surface area contributed by atoms with Gasteiger partial charge in [0, 0.05) is 12.0 Å². The second-order valence-electron chi connectivity index (χ2n) is 3.26. The van der Waals surface area contributed by atoms with Gasteiger partial charge in [-0.3, -0.25) is 0 Å². The molecule has 1 nitrogen and oxygen atoms in total. The van der Waals surface area contributed by atoms with E-state index in [1.54, 1.807) is 6.92 Å². The van der Waals surface area contributed by atoms with Gasteiger partial charge in [0.25, 0.3) is 0 Å². The molecule has 72 valence electrons. The van der Waals surface area contributed by atoms with Crippen LogP contribution in [-0.2, 0) is 6.42 Å². The lowest BCUT2D eigenvalue weighted by molar-refractivity contribution is 0.192. The van der Waals surface area contributed by atoms with E-state index in [1.807, 2.05) is 0 Å². The first-order valence-corrected chi connectivity index (χ1v) is 4.13. The van der Waals surface area contributed by atoms with Crippen molar-refractivity contribution in [2.24, 2.45) is 0 Å². The van der Waals surface area contributed by atoms with Crippen LogP contribution in [0.3, 0.4) is 0 Å². The first kappa shape index (κ1) is 10.1. The van der Waals surface area contributed by atoms with Crippen molar-refractivity contribution in [3.8, 4) is 0 Å². The van der Waals surface area contributed by atoms with Crippen LogP contribution in [-0.4, -0.2) is 11.2 Å². The summed E-state index contributed by atoms with van der Waals surface area (Å²) in [5.41, 5.74) is 0.505. The minimum absolute atomic E-state index is 0.0119. The Kier molecular flexibility index (Phi) is 2.98. The van der Waals surface area contributed by atoms with Gasteiger partial charge >= 0.3 is 0 Å². The van der Waals surface area contributed by atoms with Crippen molar-refractivity contribution in [3.63, 3.8) is 0 Å². The van der Waals surface area contributed by atoms with E-state index >= 15 is 0 Å². The maximum Gasteiger partial charge on any atom is 0.129 e. The molecule has 0 aliphatic carbocycles. The lowest BCUT2D eigenvalue weighted by Crippen LogP contribution is -2.08. The van der Waals surface area contributed by atoms with Gasteiger partial charge in [0.05, 0.1) is 6.10 Å². The van der Waals surface area contributed by atoms with Gasteiger partial charge in [0.15, 0.2) is 0 Å². The van der Waals surface area contributed by atoms with Gasteiger partial charge < -0.3 is 5.11 Å². The van der Waals surface area contributed by atoms with E-state index in [2.05, 4.69) is 0 Å².